The summed E-state index contributed by atoms with van der Waals surface area (Å²) in [6, 6.07) is 16.1. The molecule has 1 N–H and O–H groups in total. The van der Waals surface area contributed by atoms with Crippen molar-refractivity contribution in [2.45, 2.75) is 30.5 Å². The molecule has 2 unspecified atom stereocenters. The molecule has 166 valence electrons. The smallest absolute Gasteiger partial charge is 0.262 e. The van der Waals surface area contributed by atoms with Gasteiger partial charge in [-0.25, -0.2) is 18.4 Å². The molecule has 2 atom stereocenters. The maximum Gasteiger partial charge on any atom is 0.262 e. The molecule has 4 heterocycles. The Labute approximate surface area is 187 Å². The number of hydrogen-bond acceptors (Lipinski definition) is 5. The van der Waals surface area contributed by atoms with Crippen LogP contribution in [0.2, 0.25) is 0 Å². The quantitative estimate of drug-likeness (QED) is 0.487. The van der Waals surface area contributed by atoms with E-state index in [0.717, 1.165) is 22.6 Å². The van der Waals surface area contributed by atoms with Gasteiger partial charge in [-0.15, -0.1) is 0 Å². The van der Waals surface area contributed by atoms with E-state index in [4.69, 9.17) is 0 Å². The number of pyridine rings is 1. The van der Waals surface area contributed by atoms with Crippen LogP contribution in [0.15, 0.2) is 72.3 Å². The van der Waals surface area contributed by atoms with Gasteiger partial charge >= 0.3 is 0 Å². The lowest BCUT2D eigenvalue weighted by molar-refractivity contribution is 0.452. The molecule has 1 aliphatic heterocycles. The molecule has 0 saturated carbocycles. The Morgan fingerprint density at radius 3 is 2.62 bits per heavy atom. The molecule has 1 aromatic carbocycles. The van der Waals surface area contributed by atoms with E-state index in [1.165, 1.54) is 6.33 Å². The first-order chi connectivity index (χ1) is 15.4. The average molecular weight is 451 g/mol. The highest BCUT2D eigenvalue weighted by Crippen LogP contribution is 2.31. The van der Waals surface area contributed by atoms with E-state index in [-0.39, 0.29) is 17.0 Å². The first-order valence-corrected chi connectivity index (χ1v) is 12.1. The standard InChI is InChI=1S/C23H26N6O2S/c1-17-7-6-10-22-25-12-19(29(17)22)11-24-21-14-28(13-20(21)18-8-4-3-5-9-18)32(30,31)23-15-27(2)16-26-23/h3-10,12,15-16,20-21,24H,11,13-14H2,1-2H3. The molecule has 1 fully saturated rings. The van der Waals surface area contributed by atoms with Crippen LogP contribution in [-0.2, 0) is 23.6 Å². The minimum atomic E-state index is -3.66. The number of sulfonamides is 1. The minimum Gasteiger partial charge on any atom is -0.339 e. The van der Waals surface area contributed by atoms with Crippen LogP contribution in [0.5, 0.6) is 0 Å². The molecule has 32 heavy (non-hydrogen) atoms. The second-order valence-corrected chi connectivity index (χ2v) is 10.2. The van der Waals surface area contributed by atoms with Gasteiger partial charge in [-0.05, 0) is 24.6 Å². The third-order valence-corrected chi connectivity index (χ3v) is 7.86. The summed E-state index contributed by atoms with van der Waals surface area (Å²) < 4.78 is 31.8. The van der Waals surface area contributed by atoms with E-state index in [1.54, 1.807) is 22.1 Å². The van der Waals surface area contributed by atoms with Gasteiger partial charge < -0.3 is 14.3 Å². The number of benzene rings is 1. The van der Waals surface area contributed by atoms with Crippen LogP contribution >= 0.6 is 0 Å². The fraction of sp³-hybridized carbons (Fsp3) is 0.304. The van der Waals surface area contributed by atoms with E-state index in [1.807, 2.05) is 36.5 Å². The van der Waals surface area contributed by atoms with E-state index in [2.05, 4.69) is 44.8 Å². The molecular weight excluding hydrogens is 424 g/mol. The Morgan fingerprint density at radius 1 is 1.06 bits per heavy atom. The normalized spacial score (nSPS) is 19.7. The van der Waals surface area contributed by atoms with Crippen LogP contribution < -0.4 is 5.32 Å². The molecule has 8 nitrogen and oxygen atoms in total. The van der Waals surface area contributed by atoms with Crippen LogP contribution in [0, 0.1) is 6.92 Å². The zero-order chi connectivity index (χ0) is 22.3. The van der Waals surface area contributed by atoms with Crippen molar-refractivity contribution in [1.29, 1.82) is 0 Å². The lowest BCUT2D eigenvalue weighted by Crippen LogP contribution is -2.36. The molecule has 9 heteroatoms. The maximum absolute atomic E-state index is 13.2. The number of aryl methyl sites for hydroxylation is 2. The summed E-state index contributed by atoms with van der Waals surface area (Å²) in [4.78, 5) is 8.59. The fourth-order valence-electron chi connectivity index (χ4n) is 4.50. The molecule has 1 saturated heterocycles. The summed E-state index contributed by atoms with van der Waals surface area (Å²) in [5.41, 5.74) is 4.20. The average Bonchev–Trinajstić information content (AvgIpc) is 3.52. The summed E-state index contributed by atoms with van der Waals surface area (Å²) in [6.07, 6.45) is 4.94. The van der Waals surface area contributed by atoms with Crippen molar-refractivity contribution in [3.63, 3.8) is 0 Å². The Kier molecular flexibility index (Phi) is 5.32. The molecule has 0 amide bonds. The van der Waals surface area contributed by atoms with Crippen molar-refractivity contribution in [3.05, 3.63) is 84.2 Å². The van der Waals surface area contributed by atoms with E-state index < -0.39 is 10.0 Å². The third-order valence-electron chi connectivity index (χ3n) is 6.14. The van der Waals surface area contributed by atoms with E-state index in [9.17, 15) is 8.42 Å². The first-order valence-electron chi connectivity index (χ1n) is 10.6. The van der Waals surface area contributed by atoms with Crippen LogP contribution in [0.4, 0.5) is 0 Å². The highest BCUT2D eigenvalue weighted by atomic mass is 32.2. The molecule has 0 aliphatic carbocycles. The maximum atomic E-state index is 13.2. The summed E-state index contributed by atoms with van der Waals surface area (Å²) >= 11 is 0. The number of rotatable bonds is 6. The number of nitrogens with one attached hydrogen (secondary N) is 1. The second kappa shape index (κ2) is 8.16. The third kappa shape index (κ3) is 3.72. The summed E-state index contributed by atoms with van der Waals surface area (Å²) in [5, 5.41) is 3.71. The molecule has 3 aromatic heterocycles. The predicted octanol–water partition coefficient (Wildman–Crippen LogP) is 2.32. The van der Waals surface area contributed by atoms with Gasteiger partial charge in [-0.2, -0.15) is 4.31 Å². The number of hydrogen-bond donors (Lipinski definition) is 1. The molecule has 1 aliphatic rings. The van der Waals surface area contributed by atoms with Crippen LogP contribution in [0.25, 0.3) is 5.65 Å². The van der Waals surface area contributed by atoms with Crippen molar-refractivity contribution >= 4 is 15.7 Å². The van der Waals surface area contributed by atoms with Crippen molar-refractivity contribution < 1.29 is 8.42 Å². The van der Waals surface area contributed by atoms with Crippen molar-refractivity contribution in [1.82, 2.24) is 28.6 Å². The monoisotopic (exact) mass is 450 g/mol. The van der Waals surface area contributed by atoms with Gasteiger partial charge in [0, 0.05) is 50.5 Å². The number of imidazole rings is 2. The molecule has 4 aromatic rings. The number of nitrogens with zero attached hydrogens (tertiary/aromatic N) is 5. The summed E-state index contributed by atoms with van der Waals surface area (Å²) in [7, 11) is -1.89. The lowest BCUT2D eigenvalue weighted by Gasteiger charge is -2.20. The Bertz CT molecular complexity index is 1350. The number of aromatic nitrogens is 4. The number of fused-ring (bicyclic) bond motifs is 1. The SMILES string of the molecule is Cc1cccc2ncc(CNC3CN(S(=O)(=O)c4cn(C)cn4)CC3c3ccccc3)n12. The predicted molar refractivity (Wildman–Crippen MR) is 122 cm³/mol. The van der Waals surface area contributed by atoms with Gasteiger partial charge in [0.05, 0.1) is 18.2 Å². The van der Waals surface area contributed by atoms with Gasteiger partial charge in [-0.1, -0.05) is 36.4 Å². The largest absolute Gasteiger partial charge is 0.339 e. The van der Waals surface area contributed by atoms with Gasteiger partial charge in [0.1, 0.15) is 5.65 Å². The Balaban J connectivity index is 1.42. The molecule has 5 rings (SSSR count). The van der Waals surface area contributed by atoms with Gasteiger partial charge in [0.25, 0.3) is 10.0 Å². The van der Waals surface area contributed by atoms with Crippen LogP contribution in [0.1, 0.15) is 22.9 Å². The molecular formula is C23H26N6O2S. The molecule has 0 bridgehead atoms. The van der Waals surface area contributed by atoms with Gasteiger partial charge in [-0.3, -0.25) is 0 Å². The Hall–Kier alpha value is -3.01. The second-order valence-electron chi connectivity index (χ2n) is 8.31. The highest BCUT2D eigenvalue weighted by Gasteiger charge is 2.40. The van der Waals surface area contributed by atoms with Crippen LogP contribution in [0.3, 0.4) is 0 Å². The fourth-order valence-corrected chi connectivity index (χ4v) is 5.96. The van der Waals surface area contributed by atoms with Crippen molar-refractivity contribution in [2.75, 3.05) is 13.1 Å². The molecule has 0 spiro atoms. The van der Waals surface area contributed by atoms with Crippen molar-refractivity contribution in [2.24, 2.45) is 7.05 Å². The zero-order valence-electron chi connectivity index (χ0n) is 18.1. The Morgan fingerprint density at radius 2 is 1.88 bits per heavy atom. The lowest BCUT2D eigenvalue weighted by atomic mass is 9.94. The summed E-state index contributed by atoms with van der Waals surface area (Å²) in [6.45, 7) is 3.44. The highest BCUT2D eigenvalue weighted by molar-refractivity contribution is 7.89. The van der Waals surface area contributed by atoms with Gasteiger partial charge in [0.2, 0.25) is 0 Å². The first kappa shape index (κ1) is 20.9. The van der Waals surface area contributed by atoms with Gasteiger partial charge in [0.15, 0.2) is 5.03 Å². The topological polar surface area (TPSA) is 84.5 Å². The van der Waals surface area contributed by atoms with E-state index in [0.29, 0.717) is 19.6 Å². The van der Waals surface area contributed by atoms with E-state index >= 15 is 0 Å². The molecule has 0 radical (unpaired) electrons. The van der Waals surface area contributed by atoms with Crippen LogP contribution in [-0.4, -0.2) is 50.8 Å². The zero-order valence-corrected chi connectivity index (χ0v) is 18.9. The minimum absolute atomic E-state index is 0.0366. The summed E-state index contributed by atoms with van der Waals surface area (Å²) in [5.74, 6) is 0.0370. The van der Waals surface area contributed by atoms with Crippen molar-refractivity contribution in [3.8, 4) is 0 Å².